The van der Waals surface area contributed by atoms with Crippen molar-refractivity contribution in [2.24, 2.45) is 0 Å². The molecule has 1 saturated heterocycles. The van der Waals surface area contributed by atoms with E-state index in [1.54, 1.807) is 7.11 Å². The third-order valence-corrected chi connectivity index (χ3v) is 6.73. The summed E-state index contributed by atoms with van der Waals surface area (Å²) < 4.78 is 11.6. The second kappa shape index (κ2) is 9.38. The fourth-order valence-electron chi connectivity index (χ4n) is 4.76. The molecule has 2 aromatic carbocycles. The first kappa shape index (κ1) is 21.2. The minimum absolute atomic E-state index is 0.368. The summed E-state index contributed by atoms with van der Waals surface area (Å²) in [6.07, 6.45) is 3.05. The normalized spacial score (nSPS) is 22.0. The highest BCUT2D eigenvalue weighted by Gasteiger charge is 2.37. The van der Waals surface area contributed by atoms with Crippen molar-refractivity contribution in [2.75, 3.05) is 58.4 Å². The summed E-state index contributed by atoms with van der Waals surface area (Å²) in [6.45, 7) is 8.30. The van der Waals surface area contributed by atoms with Crippen LogP contribution in [0.1, 0.15) is 30.0 Å². The molecule has 5 heteroatoms. The van der Waals surface area contributed by atoms with Crippen LogP contribution in [0.2, 0.25) is 0 Å². The number of rotatable bonds is 7. The van der Waals surface area contributed by atoms with Crippen LogP contribution in [0, 0.1) is 0 Å². The lowest BCUT2D eigenvalue weighted by atomic mass is 9.88. The maximum Gasteiger partial charge on any atom is 0.146 e. The smallest absolute Gasteiger partial charge is 0.146 e. The van der Waals surface area contributed by atoms with Gasteiger partial charge in [0.05, 0.1) is 13.7 Å². The van der Waals surface area contributed by atoms with Crippen LogP contribution in [0.4, 0.5) is 5.69 Å². The topological polar surface area (TPSA) is 37.0 Å². The van der Waals surface area contributed by atoms with E-state index in [0.29, 0.717) is 0 Å². The SMILES string of the molecule is CCc1ccc2c(c1)CCO[C@]2(CCN1CCN(c2ccc(OC)cc2)CC1)NC. The van der Waals surface area contributed by atoms with E-state index in [-0.39, 0.29) is 5.72 Å². The minimum atomic E-state index is -0.368. The molecule has 0 amide bonds. The van der Waals surface area contributed by atoms with Gasteiger partial charge in [0.1, 0.15) is 11.5 Å². The lowest BCUT2D eigenvalue weighted by molar-refractivity contribution is -0.0915. The molecule has 1 atom stereocenters. The van der Waals surface area contributed by atoms with E-state index in [1.807, 2.05) is 19.2 Å². The number of piperazine rings is 1. The van der Waals surface area contributed by atoms with E-state index in [0.717, 1.165) is 64.3 Å². The average molecular weight is 410 g/mol. The molecule has 2 aromatic rings. The van der Waals surface area contributed by atoms with Gasteiger partial charge >= 0.3 is 0 Å². The maximum atomic E-state index is 6.36. The lowest BCUT2D eigenvalue weighted by Crippen LogP contribution is -2.51. The van der Waals surface area contributed by atoms with Gasteiger partial charge in [0.25, 0.3) is 0 Å². The standard InChI is InChI=1S/C25H35N3O2/c1-4-20-5-10-24-21(19-20)11-18-30-25(24,26-2)12-13-27-14-16-28(17-15-27)22-6-8-23(29-3)9-7-22/h5-10,19,26H,4,11-18H2,1-3H3/t25-/m0/s1. The van der Waals surface area contributed by atoms with Crippen molar-refractivity contribution in [3.8, 4) is 5.75 Å². The van der Waals surface area contributed by atoms with E-state index in [2.05, 4.69) is 52.4 Å². The van der Waals surface area contributed by atoms with Gasteiger partial charge < -0.3 is 14.4 Å². The van der Waals surface area contributed by atoms with Crippen LogP contribution in [-0.2, 0) is 23.3 Å². The van der Waals surface area contributed by atoms with Crippen LogP contribution in [0.15, 0.2) is 42.5 Å². The highest BCUT2D eigenvalue weighted by molar-refractivity contribution is 5.49. The summed E-state index contributed by atoms with van der Waals surface area (Å²) in [5, 5.41) is 3.52. The second-order valence-corrected chi connectivity index (χ2v) is 8.30. The van der Waals surface area contributed by atoms with Gasteiger partial charge in [0.2, 0.25) is 0 Å². The molecule has 0 saturated carbocycles. The van der Waals surface area contributed by atoms with Crippen molar-refractivity contribution in [1.29, 1.82) is 0 Å². The number of fused-ring (bicyclic) bond motifs is 1. The molecule has 0 unspecified atom stereocenters. The van der Waals surface area contributed by atoms with Crippen LogP contribution in [-0.4, -0.2) is 58.4 Å². The molecule has 2 heterocycles. The molecular weight excluding hydrogens is 374 g/mol. The molecule has 2 aliphatic heterocycles. The Labute approximate surface area is 181 Å². The predicted octanol–water partition coefficient (Wildman–Crippen LogP) is 3.41. The summed E-state index contributed by atoms with van der Waals surface area (Å²) in [7, 11) is 3.74. The predicted molar refractivity (Wildman–Crippen MR) is 122 cm³/mol. The zero-order valence-electron chi connectivity index (χ0n) is 18.6. The quantitative estimate of drug-likeness (QED) is 0.758. The number of methoxy groups -OCH3 is 1. The van der Waals surface area contributed by atoms with Crippen LogP contribution in [0.3, 0.4) is 0 Å². The molecular formula is C25H35N3O2. The van der Waals surface area contributed by atoms with Gasteiger partial charge in [-0.05, 0) is 55.3 Å². The monoisotopic (exact) mass is 409 g/mol. The fourth-order valence-corrected chi connectivity index (χ4v) is 4.76. The zero-order valence-corrected chi connectivity index (χ0v) is 18.6. The van der Waals surface area contributed by atoms with Crippen LogP contribution >= 0.6 is 0 Å². The number of nitrogens with zero attached hydrogens (tertiary/aromatic N) is 2. The Morgan fingerprint density at radius 2 is 1.83 bits per heavy atom. The Kier molecular flexibility index (Phi) is 6.61. The molecule has 0 aliphatic carbocycles. The van der Waals surface area contributed by atoms with Crippen LogP contribution in [0.5, 0.6) is 5.75 Å². The molecule has 0 spiro atoms. The number of benzene rings is 2. The van der Waals surface area contributed by atoms with E-state index in [1.165, 1.54) is 22.4 Å². The molecule has 162 valence electrons. The average Bonchev–Trinajstić information content (AvgIpc) is 2.82. The van der Waals surface area contributed by atoms with Crippen molar-refractivity contribution in [3.63, 3.8) is 0 Å². The number of nitrogens with one attached hydrogen (secondary N) is 1. The Hall–Kier alpha value is -2.08. The Morgan fingerprint density at radius 3 is 2.50 bits per heavy atom. The Balaban J connectivity index is 1.37. The van der Waals surface area contributed by atoms with Crippen molar-refractivity contribution in [3.05, 3.63) is 59.2 Å². The summed E-state index contributed by atoms with van der Waals surface area (Å²) in [5.41, 5.74) is 5.09. The first-order chi connectivity index (χ1) is 14.7. The second-order valence-electron chi connectivity index (χ2n) is 8.30. The van der Waals surface area contributed by atoms with Gasteiger partial charge in [-0.15, -0.1) is 0 Å². The number of hydrogen-bond acceptors (Lipinski definition) is 5. The molecule has 0 radical (unpaired) electrons. The highest BCUT2D eigenvalue weighted by Crippen LogP contribution is 2.34. The summed E-state index contributed by atoms with van der Waals surface area (Å²) >= 11 is 0. The number of aryl methyl sites for hydroxylation is 1. The zero-order chi connectivity index (χ0) is 21.0. The van der Waals surface area contributed by atoms with Crippen molar-refractivity contribution < 1.29 is 9.47 Å². The van der Waals surface area contributed by atoms with Gasteiger partial charge in [0.15, 0.2) is 0 Å². The summed E-state index contributed by atoms with van der Waals surface area (Å²) in [5.74, 6) is 0.911. The summed E-state index contributed by atoms with van der Waals surface area (Å²) in [6, 6.07) is 15.3. The third-order valence-electron chi connectivity index (χ3n) is 6.73. The van der Waals surface area contributed by atoms with E-state index in [9.17, 15) is 0 Å². The van der Waals surface area contributed by atoms with Crippen molar-refractivity contribution in [1.82, 2.24) is 10.2 Å². The fraction of sp³-hybridized carbons (Fsp3) is 0.520. The van der Waals surface area contributed by atoms with E-state index < -0.39 is 0 Å². The van der Waals surface area contributed by atoms with Gasteiger partial charge in [-0.1, -0.05) is 25.1 Å². The molecule has 30 heavy (non-hydrogen) atoms. The first-order valence-corrected chi connectivity index (χ1v) is 11.2. The van der Waals surface area contributed by atoms with Gasteiger partial charge in [-0.2, -0.15) is 0 Å². The Morgan fingerprint density at radius 1 is 1.07 bits per heavy atom. The molecule has 0 aromatic heterocycles. The van der Waals surface area contributed by atoms with Gasteiger partial charge in [-0.3, -0.25) is 10.2 Å². The molecule has 0 bridgehead atoms. The van der Waals surface area contributed by atoms with Crippen LogP contribution in [0.25, 0.3) is 0 Å². The first-order valence-electron chi connectivity index (χ1n) is 11.2. The van der Waals surface area contributed by atoms with Crippen molar-refractivity contribution in [2.45, 2.75) is 31.9 Å². The largest absolute Gasteiger partial charge is 0.497 e. The molecule has 1 N–H and O–H groups in total. The molecule has 1 fully saturated rings. The number of ether oxygens (including phenoxy) is 2. The van der Waals surface area contributed by atoms with Crippen LogP contribution < -0.4 is 15.0 Å². The van der Waals surface area contributed by atoms with Gasteiger partial charge in [0, 0.05) is 50.4 Å². The van der Waals surface area contributed by atoms with E-state index in [4.69, 9.17) is 9.47 Å². The minimum Gasteiger partial charge on any atom is -0.497 e. The van der Waals surface area contributed by atoms with Gasteiger partial charge in [-0.25, -0.2) is 0 Å². The van der Waals surface area contributed by atoms with Crippen molar-refractivity contribution >= 4 is 5.69 Å². The number of anilines is 1. The Bertz CT molecular complexity index is 831. The maximum absolute atomic E-state index is 6.36. The molecule has 2 aliphatic rings. The lowest BCUT2D eigenvalue weighted by Gasteiger charge is -2.42. The third kappa shape index (κ3) is 4.34. The number of hydrogen-bond donors (Lipinski definition) is 1. The highest BCUT2D eigenvalue weighted by atomic mass is 16.5. The summed E-state index contributed by atoms with van der Waals surface area (Å²) in [4.78, 5) is 5.03. The van der Waals surface area contributed by atoms with E-state index >= 15 is 0 Å². The molecule has 4 rings (SSSR count). The molecule has 5 nitrogen and oxygen atoms in total.